The molecule has 0 bridgehead atoms. The highest BCUT2D eigenvalue weighted by atomic mass is 35.5. The van der Waals surface area contributed by atoms with Crippen LogP contribution in [-0.4, -0.2) is 43.5 Å². The number of alkyl halides is 1. The quantitative estimate of drug-likeness (QED) is 0.689. The maximum absolute atomic E-state index is 12.7. The fourth-order valence-corrected chi connectivity index (χ4v) is 2.59. The Bertz CT molecular complexity index is 461. The lowest BCUT2D eigenvalue weighted by molar-refractivity contribution is 0.0681. The molecule has 1 aromatic carbocycles. The molecule has 0 radical (unpaired) electrons. The van der Waals surface area contributed by atoms with Gasteiger partial charge in [0.2, 0.25) is 0 Å². The average molecular weight is 314 g/mol. The second kappa shape index (κ2) is 8.78. The molecule has 0 N–H and O–H groups in total. The molecule has 0 saturated heterocycles. The predicted octanol–water partition coefficient (Wildman–Crippen LogP) is 3.57. The molecule has 0 aliphatic heterocycles. The lowest BCUT2D eigenvalue weighted by atomic mass is 10.1. The summed E-state index contributed by atoms with van der Waals surface area (Å²) in [5, 5.41) is 0. The van der Waals surface area contributed by atoms with Gasteiger partial charge < -0.3 is 14.4 Å². The van der Waals surface area contributed by atoms with E-state index in [1.807, 2.05) is 4.90 Å². The van der Waals surface area contributed by atoms with Crippen molar-refractivity contribution in [3.63, 3.8) is 0 Å². The normalized spacial score (nSPS) is 10.6. The summed E-state index contributed by atoms with van der Waals surface area (Å²) in [4.78, 5) is 14.6. The number of halogens is 1. The smallest absolute Gasteiger partial charge is 0.254 e. The van der Waals surface area contributed by atoms with Crippen molar-refractivity contribution in [2.75, 3.05) is 26.6 Å². The molecule has 0 fully saturated rings. The topological polar surface area (TPSA) is 38.8 Å². The third kappa shape index (κ3) is 4.27. The van der Waals surface area contributed by atoms with E-state index in [0.717, 1.165) is 12.8 Å². The number of nitrogens with zero attached hydrogens (tertiary/aromatic N) is 1. The minimum Gasteiger partial charge on any atom is -0.493 e. The largest absolute Gasteiger partial charge is 0.493 e. The SMILES string of the molecule is CCC(CC)N(CCCl)C(=O)c1ccc(OC)c(OC)c1. The maximum Gasteiger partial charge on any atom is 0.254 e. The van der Waals surface area contributed by atoms with Crippen molar-refractivity contribution in [1.29, 1.82) is 0 Å². The maximum atomic E-state index is 12.7. The molecular weight excluding hydrogens is 290 g/mol. The molecule has 0 aliphatic carbocycles. The van der Waals surface area contributed by atoms with Crippen LogP contribution in [0.3, 0.4) is 0 Å². The molecular formula is C16H24ClNO3. The Hall–Kier alpha value is -1.42. The number of ether oxygens (including phenoxy) is 2. The van der Waals surface area contributed by atoms with E-state index in [0.29, 0.717) is 29.5 Å². The molecule has 0 saturated carbocycles. The van der Waals surface area contributed by atoms with Crippen LogP contribution >= 0.6 is 11.6 Å². The first-order chi connectivity index (χ1) is 10.1. The first-order valence-corrected chi connectivity index (χ1v) is 7.75. The van der Waals surface area contributed by atoms with Gasteiger partial charge in [0, 0.05) is 24.0 Å². The molecule has 4 nitrogen and oxygen atoms in total. The third-order valence-electron chi connectivity index (χ3n) is 3.60. The summed E-state index contributed by atoms with van der Waals surface area (Å²) in [7, 11) is 3.13. The molecule has 0 heterocycles. The zero-order valence-corrected chi connectivity index (χ0v) is 13.9. The highest BCUT2D eigenvalue weighted by Crippen LogP contribution is 2.28. The van der Waals surface area contributed by atoms with Gasteiger partial charge in [-0.15, -0.1) is 11.6 Å². The molecule has 21 heavy (non-hydrogen) atoms. The summed E-state index contributed by atoms with van der Waals surface area (Å²) >= 11 is 5.85. The van der Waals surface area contributed by atoms with Gasteiger partial charge >= 0.3 is 0 Å². The zero-order valence-electron chi connectivity index (χ0n) is 13.2. The number of hydrogen-bond acceptors (Lipinski definition) is 3. The first-order valence-electron chi connectivity index (χ1n) is 7.21. The molecule has 1 aromatic rings. The lowest BCUT2D eigenvalue weighted by Gasteiger charge is -2.30. The van der Waals surface area contributed by atoms with E-state index in [2.05, 4.69) is 13.8 Å². The number of carbonyl (C=O) groups is 1. The third-order valence-corrected chi connectivity index (χ3v) is 3.77. The van der Waals surface area contributed by atoms with E-state index in [1.165, 1.54) is 0 Å². The first kappa shape index (κ1) is 17.6. The molecule has 0 atom stereocenters. The fraction of sp³-hybridized carbons (Fsp3) is 0.562. The minimum atomic E-state index is -0.0229. The van der Waals surface area contributed by atoms with Crippen LogP contribution in [0.25, 0.3) is 0 Å². The van der Waals surface area contributed by atoms with Crippen molar-refractivity contribution in [2.24, 2.45) is 0 Å². The van der Waals surface area contributed by atoms with Gasteiger partial charge in [0.25, 0.3) is 5.91 Å². The molecule has 0 unspecified atom stereocenters. The summed E-state index contributed by atoms with van der Waals surface area (Å²) in [5.41, 5.74) is 0.588. The van der Waals surface area contributed by atoms with Crippen molar-refractivity contribution >= 4 is 17.5 Å². The van der Waals surface area contributed by atoms with Crippen LogP contribution in [-0.2, 0) is 0 Å². The minimum absolute atomic E-state index is 0.0229. The molecule has 1 amide bonds. The van der Waals surface area contributed by atoms with Gasteiger partial charge in [-0.3, -0.25) is 4.79 Å². The van der Waals surface area contributed by atoms with Crippen molar-refractivity contribution in [2.45, 2.75) is 32.7 Å². The van der Waals surface area contributed by atoms with Gasteiger partial charge in [0.1, 0.15) is 0 Å². The number of hydrogen-bond donors (Lipinski definition) is 0. The molecule has 5 heteroatoms. The molecule has 0 aromatic heterocycles. The van der Waals surface area contributed by atoms with E-state index in [4.69, 9.17) is 21.1 Å². The van der Waals surface area contributed by atoms with Gasteiger partial charge in [0.15, 0.2) is 11.5 Å². The second-order valence-electron chi connectivity index (χ2n) is 4.73. The number of benzene rings is 1. The van der Waals surface area contributed by atoms with Crippen LogP contribution in [0.2, 0.25) is 0 Å². The van der Waals surface area contributed by atoms with Gasteiger partial charge in [-0.25, -0.2) is 0 Å². The number of amides is 1. The van der Waals surface area contributed by atoms with E-state index < -0.39 is 0 Å². The van der Waals surface area contributed by atoms with Crippen LogP contribution < -0.4 is 9.47 Å². The Morgan fingerprint density at radius 3 is 2.29 bits per heavy atom. The van der Waals surface area contributed by atoms with E-state index in [-0.39, 0.29) is 11.9 Å². The van der Waals surface area contributed by atoms with Gasteiger partial charge in [0.05, 0.1) is 14.2 Å². The molecule has 0 aliphatic rings. The highest BCUT2D eigenvalue weighted by molar-refractivity contribution is 6.18. The van der Waals surface area contributed by atoms with Crippen molar-refractivity contribution < 1.29 is 14.3 Å². The summed E-state index contributed by atoms with van der Waals surface area (Å²) < 4.78 is 10.5. The van der Waals surface area contributed by atoms with Crippen LogP contribution in [0, 0.1) is 0 Å². The van der Waals surface area contributed by atoms with E-state index in [9.17, 15) is 4.79 Å². The summed E-state index contributed by atoms with van der Waals surface area (Å²) in [6, 6.07) is 5.42. The van der Waals surface area contributed by atoms with E-state index in [1.54, 1.807) is 32.4 Å². The van der Waals surface area contributed by atoms with E-state index >= 15 is 0 Å². The molecule has 118 valence electrons. The van der Waals surface area contributed by atoms with Crippen LogP contribution in [0.1, 0.15) is 37.0 Å². The monoisotopic (exact) mass is 313 g/mol. The van der Waals surface area contributed by atoms with Crippen molar-refractivity contribution in [3.05, 3.63) is 23.8 Å². The number of methoxy groups -OCH3 is 2. The predicted molar refractivity (Wildman–Crippen MR) is 85.7 cm³/mol. The van der Waals surface area contributed by atoms with Gasteiger partial charge in [-0.2, -0.15) is 0 Å². The summed E-state index contributed by atoms with van der Waals surface area (Å²) in [6.07, 6.45) is 1.82. The number of carbonyl (C=O) groups excluding carboxylic acids is 1. The van der Waals surface area contributed by atoms with Gasteiger partial charge in [-0.05, 0) is 31.0 Å². The molecule has 0 spiro atoms. The Morgan fingerprint density at radius 2 is 1.81 bits per heavy atom. The molecule has 1 rings (SSSR count). The Labute approximate surface area is 132 Å². The zero-order chi connectivity index (χ0) is 15.8. The van der Waals surface area contributed by atoms with Gasteiger partial charge in [-0.1, -0.05) is 13.8 Å². The average Bonchev–Trinajstić information content (AvgIpc) is 2.53. The number of rotatable bonds is 8. The standard InChI is InChI=1S/C16H24ClNO3/c1-5-13(6-2)18(10-9-17)16(19)12-7-8-14(20-3)15(11-12)21-4/h7-8,11,13H,5-6,9-10H2,1-4H3. The Morgan fingerprint density at radius 1 is 1.19 bits per heavy atom. The van der Waals surface area contributed by atoms with Crippen molar-refractivity contribution in [3.8, 4) is 11.5 Å². The van der Waals surface area contributed by atoms with Crippen LogP contribution in [0.5, 0.6) is 11.5 Å². The highest BCUT2D eigenvalue weighted by Gasteiger charge is 2.22. The summed E-state index contributed by atoms with van der Waals surface area (Å²) in [6.45, 7) is 4.70. The fourth-order valence-electron chi connectivity index (χ4n) is 2.41. The second-order valence-corrected chi connectivity index (χ2v) is 5.11. The Balaban J connectivity index is 3.08. The van der Waals surface area contributed by atoms with Crippen molar-refractivity contribution in [1.82, 2.24) is 4.90 Å². The van der Waals surface area contributed by atoms with Crippen LogP contribution in [0.15, 0.2) is 18.2 Å². The Kier molecular flexibility index (Phi) is 7.37. The van der Waals surface area contributed by atoms with Crippen LogP contribution in [0.4, 0.5) is 0 Å². The lowest BCUT2D eigenvalue weighted by Crippen LogP contribution is -2.41. The summed E-state index contributed by atoms with van der Waals surface area (Å²) in [5.74, 6) is 1.57.